The molecule has 6 aromatic rings. The lowest BCUT2D eigenvalue weighted by Crippen LogP contribution is -1.88. The SMILES string of the molecule is COc1cc(F)cc(-c2cccc3[nH]c(-c4n[nH]c5cnc(-c6cnn(C)c6)cc45)nc23)c1. The van der Waals surface area contributed by atoms with Crippen molar-refractivity contribution in [1.29, 1.82) is 0 Å². The van der Waals surface area contributed by atoms with Crippen LogP contribution in [0.3, 0.4) is 0 Å². The summed E-state index contributed by atoms with van der Waals surface area (Å²) in [4.78, 5) is 12.7. The van der Waals surface area contributed by atoms with Crippen LogP contribution in [0, 0.1) is 5.82 Å². The van der Waals surface area contributed by atoms with Crippen molar-refractivity contribution < 1.29 is 9.13 Å². The number of aromatic nitrogens is 7. The molecule has 4 heterocycles. The number of hydrogen-bond acceptors (Lipinski definition) is 5. The number of aryl methyl sites for hydroxylation is 1. The van der Waals surface area contributed by atoms with Gasteiger partial charge in [0.1, 0.15) is 17.3 Å². The first-order valence-electron chi connectivity index (χ1n) is 10.3. The van der Waals surface area contributed by atoms with Gasteiger partial charge in [0.25, 0.3) is 0 Å². The molecule has 0 radical (unpaired) electrons. The first-order valence-corrected chi connectivity index (χ1v) is 10.3. The number of nitrogens with one attached hydrogen (secondary N) is 2. The molecule has 0 saturated carbocycles. The molecule has 0 unspecified atom stereocenters. The molecule has 4 aromatic heterocycles. The number of halogens is 1. The highest BCUT2D eigenvalue weighted by atomic mass is 19.1. The number of hydrogen-bond donors (Lipinski definition) is 2. The lowest BCUT2D eigenvalue weighted by Gasteiger charge is -2.06. The Labute approximate surface area is 187 Å². The first-order chi connectivity index (χ1) is 16.1. The van der Waals surface area contributed by atoms with E-state index in [1.165, 1.54) is 19.2 Å². The Morgan fingerprint density at radius 2 is 1.94 bits per heavy atom. The number of ether oxygens (including phenoxy) is 1. The van der Waals surface area contributed by atoms with Gasteiger partial charge in [-0.25, -0.2) is 9.37 Å². The smallest absolute Gasteiger partial charge is 0.159 e. The number of para-hydroxylation sites is 1. The third-order valence-electron chi connectivity index (χ3n) is 5.60. The summed E-state index contributed by atoms with van der Waals surface area (Å²) in [6, 6.07) is 12.3. The quantitative estimate of drug-likeness (QED) is 0.414. The Morgan fingerprint density at radius 1 is 1.03 bits per heavy atom. The molecule has 0 fully saturated rings. The number of rotatable bonds is 4. The van der Waals surface area contributed by atoms with Gasteiger partial charge >= 0.3 is 0 Å². The van der Waals surface area contributed by atoms with Crippen LogP contribution in [0.5, 0.6) is 5.75 Å². The summed E-state index contributed by atoms with van der Waals surface area (Å²) < 4.78 is 21.1. The van der Waals surface area contributed by atoms with Crippen molar-refractivity contribution in [3.63, 3.8) is 0 Å². The fourth-order valence-corrected chi connectivity index (χ4v) is 4.02. The summed E-state index contributed by atoms with van der Waals surface area (Å²) in [5, 5.41) is 12.6. The molecule has 0 amide bonds. The molecule has 0 spiro atoms. The molecular weight excluding hydrogens is 421 g/mol. The maximum atomic E-state index is 14.1. The van der Waals surface area contributed by atoms with Crippen molar-refractivity contribution in [2.45, 2.75) is 0 Å². The van der Waals surface area contributed by atoms with Gasteiger partial charge in [0.15, 0.2) is 5.82 Å². The minimum absolute atomic E-state index is 0.370. The van der Waals surface area contributed by atoms with Crippen LogP contribution in [0.2, 0.25) is 0 Å². The van der Waals surface area contributed by atoms with E-state index in [-0.39, 0.29) is 5.82 Å². The molecule has 8 nitrogen and oxygen atoms in total. The van der Waals surface area contributed by atoms with Crippen molar-refractivity contribution in [2.75, 3.05) is 7.11 Å². The second-order valence-corrected chi connectivity index (χ2v) is 7.76. The number of H-pyrrole nitrogens is 2. The van der Waals surface area contributed by atoms with E-state index >= 15 is 0 Å². The molecule has 33 heavy (non-hydrogen) atoms. The number of nitrogens with zero attached hydrogens (tertiary/aromatic N) is 5. The Morgan fingerprint density at radius 3 is 2.76 bits per heavy atom. The van der Waals surface area contributed by atoms with Gasteiger partial charge in [0.05, 0.1) is 41.7 Å². The zero-order chi connectivity index (χ0) is 22.5. The highest BCUT2D eigenvalue weighted by Gasteiger charge is 2.17. The van der Waals surface area contributed by atoms with E-state index in [1.807, 2.05) is 37.5 Å². The summed E-state index contributed by atoms with van der Waals surface area (Å²) in [6.45, 7) is 0. The van der Waals surface area contributed by atoms with E-state index < -0.39 is 0 Å². The third-order valence-corrected chi connectivity index (χ3v) is 5.60. The minimum Gasteiger partial charge on any atom is -0.497 e. The van der Waals surface area contributed by atoms with Crippen LogP contribution < -0.4 is 4.74 Å². The van der Waals surface area contributed by atoms with Gasteiger partial charge < -0.3 is 9.72 Å². The molecule has 0 bridgehead atoms. The molecule has 0 aliphatic carbocycles. The predicted octanol–water partition coefficient (Wildman–Crippen LogP) is 4.72. The van der Waals surface area contributed by atoms with Crippen molar-refractivity contribution in [2.24, 2.45) is 7.05 Å². The fourth-order valence-electron chi connectivity index (χ4n) is 4.02. The van der Waals surface area contributed by atoms with Crippen molar-refractivity contribution in [1.82, 2.24) is 34.9 Å². The van der Waals surface area contributed by atoms with Gasteiger partial charge in [-0.3, -0.25) is 14.8 Å². The van der Waals surface area contributed by atoms with Crippen LogP contribution in [0.1, 0.15) is 0 Å². The summed E-state index contributed by atoms with van der Waals surface area (Å²) in [6.07, 6.45) is 5.44. The van der Waals surface area contributed by atoms with E-state index in [0.717, 1.165) is 38.8 Å². The number of aromatic amines is 2. The maximum absolute atomic E-state index is 14.1. The number of pyridine rings is 1. The average Bonchev–Trinajstić information content (AvgIpc) is 3.55. The second-order valence-electron chi connectivity index (χ2n) is 7.76. The van der Waals surface area contributed by atoms with Crippen LogP contribution in [0.4, 0.5) is 4.39 Å². The second kappa shape index (κ2) is 7.27. The van der Waals surface area contributed by atoms with E-state index in [9.17, 15) is 4.39 Å². The topological polar surface area (TPSA) is 97.3 Å². The minimum atomic E-state index is -0.370. The highest BCUT2D eigenvalue weighted by molar-refractivity contribution is 5.97. The fraction of sp³-hybridized carbons (Fsp3) is 0.0833. The molecule has 0 atom stereocenters. The Bertz CT molecular complexity index is 1650. The van der Waals surface area contributed by atoms with Crippen LogP contribution >= 0.6 is 0 Å². The van der Waals surface area contributed by atoms with E-state index in [1.54, 1.807) is 23.1 Å². The molecule has 2 N–H and O–H groups in total. The number of benzene rings is 2. The van der Waals surface area contributed by atoms with Crippen LogP contribution in [-0.2, 0) is 7.05 Å². The molecule has 0 saturated heterocycles. The Balaban J connectivity index is 1.50. The molecule has 6 rings (SSSR count). The van der Waals surface area contributed by atoms with Gasteiger partial charge in [0.2, 0.25) is 0 Å². The standard InChI is InChI=1S/C24H18FN7O/c1-32-12-14(10-27-32)20-9-18-21(11-26-20)30-31-23(18)24-28-19-5-3-4-17(22(19)29-24)13-6-15(25)8-16(7-13)33-2/h3-12H,1-2H3,(H,28,29)(H,30,31). The van der Waals surface area contributed by atoms with E-state index in [2.05, 4.69) is 25.3 Å². The van der Waals surface area contributed by atoms with Gasteiger partial charge in [-0.05, 0) is 29.8 Å². The zero-order valence-electron chi connectivity index (χ0n) is 17.8. The zero-order valence-corrected chi connectivity index (χ0v) is 17.8. The molecular formula is C24H18FN7O. The summed E-state index contributed by atoms with van der Waals surface area (Å²) in [5.41, 5.74) is 6.21. The van der Waals surface area contributed by atoms with Crippen LogP contribution in [0.15, 0.2) is 61.1 Å². The van der Waals surface area contributed by atoms with Gasteiger partial charge in [-0.2, -0.15) is 10.2 Å². The van der Waals surface area contributed by atoms with Crippen LogP contribution in [0.25, 0.3) is 55.8 Å². The molecule has 2 aromatic carbocycles. The lowest BCUT2D eigenvalue weighted by molar-refractivity contribution is 0.411. The van der Waals surface area contributed by atoms with Crippen LogP contribution in [-0.4, -0.2) is 42.0 Å². The normalized spacial score (nSPS) is 11.5. The summed E-state index contributed by atoms with van der Waals surface area (Å²) in [7, 11) is 3.38. The molecule has 0 aliphatic heterocycles. The van der Waals surface area contributed by atoms with E-state index in [4.69, 9.17) is 9.72 Å². The molecule has 9 heteroatoms. The van der Waals surface area contributed by atoms with Crippen molar-refractivity contribution in [3.05, 3.63) is 66.9 Å². The Hall–Kier alpha value is -4.53. The third kappa shape index (κ3) is 3.21. The summed E-state index contributed by atoms with van der Waals surface area (Å²) in [5.74, 6) is 0.688. The molecule has 0 aliphatic rings. The van der Waals surface area contributed by atoms with Gasteiger partial charge in [0, 0.05) is 35.8 Å². The Kier molecular flexibility index (Phi) is 4.22. The number of methoxy groups -OCH3 is 1. The average molecular weight is 439 g/mol. The van der Waals surface area contributed by atoms with Crippen molar-refractivity contribution >= 4 is 21.9 Å². The monoisotopic (exact) mass is 439 g/mol. The largest absolute Gasteiger partial charge is 0.497 e. The van der Waals surface area contributed by atoms with E-state index in [0.29, 0.717) is 22.8 Å². The molecule has 162 valence electrons. The van der Waals surface area contributed by atoms with Gasteiger partial charge in [-0.1, -0.05) is 12.1 Å². The number of fused-ring (bicyclic) bond motifs is 2. The van der Waals surface area contributed by atoms with Gasteiger partial charge in [-0.15, -0.1) is 0 Å². The highest BCUT2D eigenvalue weighted by Crippen LogP contribution is 2.34. The number of imidazole rings is 1. The first kappa shape index (κ1) is 19.2. The summed E-state index contributed by atoms with van der Waals surface area (Å²) >= 11 is 0. The van der Waals surface area contributed by atoms with Crippen molar-refractivity contribution in [3.8, 4) is 39.7 Å². The predicted molar refractivity (Wildman–Crippen MR) is 123 cm³/mol. The lowest BCUT2D eigenvalue weighted by atomic mass is 10.0. The maximum Gasteiger partial charge on any atom is 0.159 e.